The maximum absolute atomic E-state index is 9.74. The lowest BCUT2D eigenvalue weighted by atomic mass is 10.1. The van der Waals surface area contributed by atoms with Gasteiger partial charge in [0.25, 0.3) is 0 Å². The third-order valence-corrected chi connectivity index (χ3v) is 3.66. The van der Waals surface area contributed by atoms with Gasteiger partial charge < -0.3 is 15.2 Å². The molecule has 1 aliphatic carbocycles. The third-order valence-electron chi connectivity index (χ3n) is 3.66. The average Bonchev–Trinajstić information content (AvgIpc) is 2.76. The maximum Gasteiger partial charge on any atom is 0.0713 e. The second-order valence-electron chi connectivity index (χ2n) is 5.14. The molecule has 1 aromatic carbocycles. The fourth-order valence-corrected chi connectivity index (χ4v) is 2.65. The molecule has 2 unspecified atom stereocenters. The monoisotopic (exact) mass is 249 g/mol. The first-order valence-corrected chi connectivity index (χ1v) is 6.75. The van der Waals surface area contributed by atoms with Crippen LogP contribution in [0.4, 0.5) is 0 Å². The van der Waals surface area contributed by atoms with Gasteiger partial charge in [-0.15, -0.1) is 0 Å². The van der Waals surface area contributed by atoms with Crippen LogP contribution >= 0.6 is 0 Å². The molecule has 2 rings (SSSR count). The van der Waals surface area contributed by atoms with E-state index in [1.807, 2.05) is 0 Å². The van der Waals surface area contributed by atoms with Gasteiger partial charge in [-0.05, 0) is 29.9 Å². The first-order chi connectivity index (χ1) is 8.79. The Morgan fingerprint density at radius 3 is 2.89 bits per heavy atom. The maximum atomic E-state index is 9.74. The fourth-order valence-electron chi connectivity index (χ4n) is 2.65. The van der Waals surface area contributed by atoms with Crippen LogP contribution in [0.1, 0.15) is 30.4 Å². The highest BCUT2D eigenvalue weighted by molar-refractivity contribution is 5.22. The largest absolute Gasteiger partial charge is 0.393 e. The van der Waals surface area contributed by atoms with Gasteiger partial charge in [0.2, 0.25) is 0 Å². The van der Waals surface area contributed by atoms with Gasteiger partial charge in [0.15, 0.2) is 0 Å². The Labute approximate surface area is 109 Å². The number of ether oxygens (including phenoxy) is 1. The molecule has 1 saturated carbocycles. The van der Waals surface area contributed by atoms with E-state index in [1.165, 1.54) is 11.1 Å². The molecule has 2 N–H and O–H groups in total. The van der Waals surface area contributed by atoms with Crippen LogP contribution in [-0.2, 0) is 17.9 Å². The van der Waals surface area contributed by atoms with E-state index in [4.69, 9.17) is 4.74 Å². The van der Waals surface area contributed by atoms with Gasteiger partial charge in [-0.25, -0.2) is 0 Å². The SMILES string of the molecule is COCc1cccc(CNCC2CCCC2O)c1. The summed E-state index contributed by atoms with van der Waals surface area (Å²) in [6, 6.07) is 8.43. The lowest BCUT2D eigenvalue weighted by molar-refractivity contribution is 0.131. The summed E-state index contributed by atoms with van der Waals surface area (Å²) in [5.41, 5.74) is 2.48. The van der Waals surface area contributed by atoms with E-state index in [-0.39, 0.29) is 6.10 Å². The Bertz CT molecular complexity index is 367. The van der Waals surface area contributed by atoms with E-state index in [1.54, 1.807) is 7.11 Å². The molecule has 0 bridgehead atoms. The summed E-state index contributed by atoms with van der Waals surface area (Å²) in [5.74, 6) is 0.437. The highest BCUT2D eigenvalue weighted by Crippen LogP contribution is 2.24. The van der Waals surface area contributed by atoms with E-state index in [0.29, 0.717) is 12.5 Å². The average molecular weight is 249 g/mol. The number of hydrogen-bond acceptors (Lipinski definition) is 3. The van der Waals surface area contributed by atoms with Crippen LogP contribution in [0.5, 0.6) is 0 Å². The Balaban J connectivity index is 1.77. The molecule has 0 spiro atoms. The van der Waals surface area contributed by atoms with Crippen LogP contribution in [0.3, 0.4) is 0 Å². The van der Waals surface area contributed by atoms with Crippen molar-refractivity contribution in [3.63, 3.8) is 0 Å². The molecule has 100 valence electrons. The Morgan fingerprint density at radius 1 is 1.33 bits per heavy atom. The zero-order valence-corrected chi connectivity index (χ0v) is 11.1. The number of aliphatic hydroxyl groups excluding tert-OH is 1. The van der Waals surface area contributed by atoms with E-state index >= 15 is 0 Å². The molecule has 2 atom stereocenters. The molecule has 3 nitrogen and oxygen atoms in total. The van der Waals surface area contributed by atoms with Crippen molar-refractivity contribution in [2.24, 2.45) is 5.92 Å². The van der Waals surface area contributed by atoms with Gasteiger partial charge >= 0.3 is 0 Å². The molecular weight excluding hydrogens is 226 g/mol. The summed E-state index contributed by atoms with van der Waals surface area (Å²) in [6.07, 6.45) is 3.18. The fraction of sp³-hybridized carbons (Fsp3) is 0.600. The zero-order valence-electron chi connectivity index (χ0n) is 11.1. The summed E-state index contributed by atoms with van der Waals surface area (Å²) in [6.45, 7) is 2.44. The lowest BCUT2D eigenvalue weighted by Crippen LogP contribution is -2.27. The molecule has 1 aliphatic rings. The first-order valence-electron chi connectivity index (χ1n) is 6.75. The molecule has 3 heteroatoms. The molecule has 1 aromatic rings. The molecular formula is C15H23NO2. The van der Waals surface area contributed by atoms with E-state index in [2.05, 4.69) is 29.6 Å². The Hall–Kier alpha value is -0.900. The van der Waals surface area contributed by atoms with Gasteiger partial charge in [0.05, 0.1) is 12.7 Å². The number of benzene rings is 1. The molecule has 0 amide bonds. The Kier molecular flexibility index (Phi) is 5.17. The van der Waals surface area contributed by atoms with Crippen LogP contribution < -0.4 is 5.32 Å². The van der Waals surface area contributed by atoms with Gasteiger partial charge in [0, 0.05) is 20.2 Å². The predicted molar refractivity (Wildman–Crippen MR) is 72.2 cm³/mol. The van der Waals surface area contributed by atoms with Gasteiger partial charge in [0.1, 0.15) is 0 Å². The van der Waals surface area contributed by atoms with E-state index < -0.39 is 0 Å². The summed E-state index contributed by atoms with van der Waals surface area (Å²) in [5, 5.41) is 13.2. The molecule has 0 aliphatic heterocycles. The first kappa shape index (κ1) is 13.5. The zero-order chi connectivity index (χ0) is 12.8. The number of hydrogen-bond donors (Lipinski definition) is 2. The quantitative estimate of drug-likeness (QED) is 0.811. The summed E-state index contributed by atoms with van der Waals surface area (Å²) < 4.78 is 5.13. The molecule has 0 radical (unpaired) electrons. The van der Waals surface area contributed by atoms with Gasteiger partial charge in [-0.1, -0.05) is 30.7 Å². The van der Waals surface area contributed by atoms with Crippen molar-refractivity contribution in [3.8, 4) is 0 Å². The van der Waals surface area contributed by atoms with Crippen LogP contribution in [0.25, 0.3) is 0 Å². The topological polar surface area (TPSA) is 41.5 Å². The summed E-state index contributed by atoms with van der Waals surface area (Å²) in [4.78, 5) is 0. The highest BCUT2D eigenvalue weighted by Gasteiger charge is 2.24. The number of aliphatic hydroxyl groups is 1. The van der Waals surface area contributed by atoms with Gasteiger partial charge in [-0.3, -0.25) is 0 Å². The minimum Gasteiger partial charge on any atom is -0.393 e. The summed E-state index contributed by atoms with van der Waals surface area (Å²) in [7, 11) is 1.71. The second-order valence-corrected chi connectivity index (χ2v) is 5.14. The van der Waals surface area contributed by atoms with Gasteiger partial charge in [-0.2, -0.15) is 0 Å². The van der Waals surface area contributed by atoms with Crippen molar-refractivity contribution >= 4 is 0 Å². The van der Waals surface area contributed by atoms with E-state index in [0.717, 1.165) is 32.4 Å². The minimum atomic E-state index is -0.0997. The molecule has 0 saturated heterocycles. The molecule has 0 aromatic heterocycles. The van der Waals surface area contributed by atoms with Crippen LogP contribution in [0.2, 0.25) is 0 Å². The standard InChI is InChI=1S/C15H23NO2/c1-18-11-13-5-2-4-12(8-13)9-16-10-14-6-3-7-15(14)17/h2,4-5,8,14-17H,3,6-7,9-11H2,1H3. The third kappa shape index (κ3) is 3.80. The number of methoxy groups -OCH3 is 1. The van der Waals surface area contributed by atoms with Crippen LogP contribution in [-0.4, -0.2) is 24.9 Å². The van der Waals surface area contributed by atoms with Crippen LogP contribution in [0.15, 0.2) is 24.3 Å². The second kappa shape index (κ2) is 6.88. The van der Waals surface area contributed by atoms with Crippen molar-refractivity contribution in [2.75, 3.05) is 13.7 Å². The van der Waals surface area contributed by atoms with Crippen molar-refractivity contribution < 1.29 is 9.84 Å². The Morgan fingerprint density at radius 2 is 2.17 bits per heavy atom. The number of nitrogens with one attached hydrogen (secondary N) is 1. The van der Waals surface area contributed by atoms with Crippen molar-refractivity contribution in [3.05, 3.63) is 35.4 Å². The lowest BCUT2D eigenvalue weighted by Gasteiger charge is -2.15. The van der Waals surface area contributed by atoms with Crippen molar-refractivity contribution in [1.82, 2.24) is 5.32 Å². The molecule has 0 heterocycles. The van der Waals surface area contributed by atoms with Crippen molar-refractivity contribution in [2.45, 2.75) is 38.5 Å². The molecule has 18 heavy (non-hydrogen) atoms. The normalized spacial score (nSPS) is 23.4. The number of rotatable bonds is 6. The smallest absolute Gasteiger partial charge is 0.0713 e. The van der Waals surface area contributed by atoms with E-state index in [9.17, 15) is 5.11 Å². The highest BCUT2D eigenvalue weighted by atomic mass is 16.5. The van der Waals surface area contributed by atoms with Crippen molar-refractivity contribution in [1.29, 1.82) is 0 Å². The predicted octanol–water partition coefficient (Wildman–Crippen LogP) is 2.08. The summed E-state index contributed by atoms with van der Waals surface area (Å²) >= 11 is 0. The van der Waals surface area contributed by atoms with Crippen LogP contribution in [0, 0.1) is 5.92 Å². The minimum absolute atomic E-state index is 0.0997. The molecule has 1 fully saturated rings.